The molecule has 7 heteroatoms. The van der Waals surface area contributed by atoms with Crippen LogP contribution < -0.4 is 5.32 Å². The van der Waals surface area contributed by atoms with Gasteiger partial charge in [0.15, 0.2) is 0 Å². The minimum atomic E-state index is -3.45. The Morgan fingerprint density at radius 1 is 1.43 bits per heavy atom. The lowest BCUT2D eigenvalue weighted by atomic mass is 10.2. The standard InChI is InChI=1S/C14H23N3O3S/c1-10-9-20-11(2)8-17(10)21(18,19)14-5-13(16-7-14)6-15-12-3-4-12/h5,7,10-12,15-16H,3-4,6,8-9H2,1-2H3. The zero-order chi connectivity index (χ0) is 15.0. The van der Waals surface area contributed by atoms with Crippen molar-refractivity contribution < 1.29 is 13.2 Å². The number of rotatable bonds is 5. The minimum Gasteiger partial charge on any atom is -0.375 e. The summed E-state index contributed by atoms with van der Waals surface area (Å²) in [5.74, 6) is 0. The Kier molecular flexibility index (Phi) is 4.09. The van der Waals surface area contributed by atoms with Crippen LogP contribution in [0.2, 0.25) is 0 Å². The fraction of sp³-hybridized carbons (Fsp3) is 0.714. The molecule has 1 aromatic heterocycles. The normalized spacial score (nSPS) is 27.9. The Morgan fingerprint density at radius 3 is 2.90 bits per heavy atom. The number of hydrogen-bond acceptors (Lipinski definition) is 4. The highest BCUT2D eigenvalue weighted by atomic mass is 32.2. The van der Waals surface area contributed by atoms with E-state index >= 15 is 0 Å². The number of aromatic amines is 1. The van der Waals surface area contributed by atoms with E-state index in [2.05, 4.69) is 10.3 Å². The van der Waals surface area contributed by atoms with Crippen molar-refractivity contribution in [2.24, 2.45) is 0 Å². The van der Waals surface area contributed by atoms with Crippen molar-refractivity contribution in [3.05, 3.63) is 18.0 Å². The van der Waals surface area contributed by atoms with Gasteiger partial charge in [0.05, 0.1) is 17.6 Å². The zero-order valence-electron chi connectivity index (χ0n) is 12.5. The molecule has 1 aromatic rings. The number of sulfonamides is 1. The molecule has 3 rings (SSSR count). The van der Waals surface area contributed by atoms with Gasteiger partial charge in [-0.1, -0.05) is 0 Å². The highest BCUT2D eigenvalue weighted by Crippen LogP contribution is 2.24. The molecule has 0 bridgehead atoms. The second kappa shape index (κ2) is 5.72. The van der Waals surface area contributed by atoms with Crippen molar-refractivity contribution in [3.8, 4) is 0 Å². The maximum absolute atomic E-state index is 12.7. The molecule has 2 atom stereocenters. The third-order valence-electron chi connectivity index (χ3n) is 4.03. The molecule has 0 aromatic carbocycles. The van der Waals surface area contributed by atoms with E-state index in [4.69, 9.17) is 4.74 Å². The summed E-state index contributed by atoms with van der Waals surface area (Å²) in [4.78, 5) is 3.40. The first kappa shape index (κ1) is 15.0. The molecule has 2 fully saturated rings. The third kappa shape index (κ3) is 3.31. The zero-order valence-corrected chi connectivity index (χ0v) is 13.3. The molecule has 2 unspecified atom stereocenters. The molecule has 0 radical (unpaired) electrons. The largest absolute Gasteiger partial charge is 0.375 e. The van der Waals surface area contributed by atoms with Crippen LogP contribution in [0.25, 0.3) is 0 Å². The Balaban J connectivity index is 1.73. The molecule has 118 valence electrons. The predicted molar refractivity (Wildman–Crippen MR) is 79.4 cm³/mol. The SMILES string of the molecule is CC1CN(S(=O)(=O)c2c[nH]c(CNC3CC3)c2)C(C)CO1. The first-order chi connectivity index (χ1) is 9.96. The van der Waals surface area contributed by atoms with Crippen LogP contribution in [-0.2, 0) is 21.3 Å². The summed E-state index contributed by atoms with van der Waals surface area (Å²) in [6.45, 7) is 5.32. The van der Waals surface area contributed by atoms with Crippen molar-refractivity contribution in [1.82, 2.24) is 14.6 Å². The average molecular weight is 313 g/mol. The smallest absolute Gasteiger partial charge is 0.244 e. The molecule has 6 nitrogen and oxygen atoms in total. The van der Waals surface area contributed by atoms with Crippen LogP contribution in [0.15, 0.2) is 17.2 Å². The highest BCUT2D eigenvalue weighted by Gasteiger charge is 2.34. The summed E-state index contributed by atoms with van der Waals surface area (Å²) >= 11 is 0. The molecule has 1 aliphatic carbocycles. The molecule has 2 aliphatic rings. The minimum absolute atomic E-state index is 0.0640. The average Bonchev–Trinajstić information content (AvgIpc) is 3.15. The molecule has 1 saturated carbocycles. The molecule has 1 saturated heterocycles. The van der Waals surface area contributed by atoms with Crippen molar-refractivity contribution in [1.29, 1.82) is 0 Å². The fourth-order valence-corrected chi connectivity index (χ4v) is 4.27. The van der Waals surface area contributed by atoms with Crippen molar-refractivity contribution in [2.45, 2.75) is 56.3 Å². The summed E-state index contributed by atoms with van der Waals surface area (Å²) in [6, 6.07) is 2.21. The Morgan fingerprint density at radius 2 is 2.19 bits per heavy atom. The van der Waals surface area contributed by atoms with E-state index in [1.54, 1.807) is 16.6 Å². The van der Waals surface area contributed by atoms with Crippen molar-refractivity contribution >= 4 is 10.0 Å². The highest BCUT2D eigenvalue weighted by molar-refractivity contribution is 7.89. The summed E-state index contributed by atoms with van der Waals surface area (Å²) in [5.41, 5.74) is 0.912. The predicted octanol–water partition coefficient (Wildman–Crippen LogP) is 1.06. The van der Waals surface area contributed by atoms with Crippen LogP contribution in [-0.4, -0.2) is 49.0 Å². The van der Waals surface area contributed by atoms with E-state index in [0.29, 0.717) is 30.6 Å². The second-order valence-electron chi connectivity index (χ2n) is 6.08. The molecule has 1 aliphatic heterocycles. The van der Waals surface area contributed by atoms with Gasteiger partial charge in [0.25, 0.3) is 0 Å². The number of nitrogens with zero attached hydrogens (tertiary/aromatic N) is 1. The molecule has 21 heavy (non-hydrogen) atoms. The van der Waals surface area contributed by atoms with Crippen molar-refractivity contribution in [3.63, 3.8) is 0 Å². The quantitative estimate of drug-likeness (QED) is 0.852. The van der Waals surface area contributed by atoms with Gasteiger partial charge in [0, 0.05) is 37.1 Å². The van der Waals surface area contributed by atoms with Crippen molar-refractivity contribution in [2.75, 3.05) is 13.2 Å². The summed E-state index contributed by atoms with van der Waals surface area (Å²) in [6.07, 6.45) is 3.96. The van der Waals surface area contributed by atoms with E-state index in [9.17, 15) is 8.42 Å². The first-order valence-electron chi connectivity index (χ1n) is 7.51. The second-order valence-corrected chi connectivity index (χ2v) is 7.97. The lowest BCUT2D eigenvalue weighted by Gasteiger charge is -2.35. The monoisotopic (exact) mass is 313 g/mol. The lowest BCUT2D eigenvalue weighted by molar-refractivity contribution is -0.0170. The van der Waals surface area contributed by atoms with Gasteiger partial charge < -0.3 is 15.0 Å². The van der Waals surface area contributed by atoms with Gasteiger partial charge in [0.1, 0.15) is 0 Å². The maximum Gasteiger partial charge on any atom is 0.244 e. The van der Waals surface area contributed by atoms with Crippen LogP contribution in [0.5, 0.6) is 0 Å². The van der Waals surface area contributed by atoms with Crippen LogP contribution in [0.3, 0.4) is 0 Å². The van der Waals surface area contributed by atoms with Gasteiger partial charge in [-0.15, -0.1) is 0 Å². The van der Waals surface area contributed by atoms with Gasteiger partial charge >= 0.3 is 0 Å². The Hall–Kier alpha value is -0.890. The van der Waals surface area contributed by atoms with Gasteiger partial charge in [-0.3, -0.25) is 0 Å². The molecule has 2 heterocycles. The number of morpholine rings is 1. The molecular weight excluding hydrogens is 290 g/mol. The number of aromatic nitrogens is 1. The molecular formula is C14H23N3O3S. The van der Waals surface area contributed by atoms with Gasteiger partial charge in [0.2, 0.25) is 10.0 Å². The van der Waals surface area contributed by atoms with E-state index in [-0.39, 0.29) is 12.1 Å². The number of nitrogens with one attached hydrogen (secondary N) is 2. The van der Waals surface area contributed by atoms with E-state index in [1.165, 1.54) is 12.8 Å². The van der Waals surface area contributed by atoms with Crippen LogP contribution in [0.1, 0.15) is 32.4 Å². The number of hydrogen-bond donors (Lipinski definition) is 2. The lowest BCUT2D eigenvalue weighted by Crippen LogP contribution is -2.49. The topological polar surface area (TPSA) is 74.4 Å². The summed E-state index contributed by atoms with van der Waals surface area (Å²) in [5, 5.41) is 3.37. The van der Waals surface area contributed by atoms with Gasteiger partial charge in [-0.05, 0) is 32.8 Å². The third-order valence-corrected chi connectivity index (χ3v) is 5.99. The Bertz CT molecular complexity index is 594. The van der Waals surface area contributed by atoms with Crippen LogP contribution in [0, 0.1) is 0 Å². The first-order valence-corrected chi connectivity index (χ1v) is 8.95. The molecule has 2 N–H and O–H groups in total. The van der Waals surface area contributed by atoms with Gasteiger partial charge in [-0.25, -0.2) is 8.42 Å². The molecule has 0 amide bonds. The van der Waals surface area contributed by atoms with Crippen LogP contribution in [0.4, 0.5) is 0 Å². The van der Waals surface area contributed by atoms with Crippen LogP contribution >= 0.6 is 0 Å². The van der Waals surface area contributed by atoms with E-state index in [0.717, 1.165) is 5.69 Å². The maximum atomic E-state index is 12.7. The van der Waals surface area contributed by atoms with Gasteiger partial charge in [-0.2, -0.15) is 4.31 Å². The Labute approximate surface area is 125 Å². The summed E-state index contributed by atoms with van der Waals surface area (Å²) in [7, 11) is -3.45. The number of H-pyrrole nitrogens is 1. The fourth-order valence-electron chi connectivity index (χ4n) is 2.55. The number of ether oxygens (including phenoxy) is 1. The molecule has 0 spiro atoms. The summed E-state index contributed by atoms with van der Waals surface area (Å²) < 4.78 is 32.5. The van der Waals surface area contributed by atoms with E-state index in [1.807, 2.05) is 13.8 Å². The van der Waals surface area contributed by atoms with E-state index < -0.39 is 10.0 Å².